The highest BCUT2D eigenvalue weighted by molar-refractivity contribution is 7.90. The molecule has 0 atom stereocenters. The lowest BCUT2D eigenvalue weighted by Crippen LogP contribution is -2.36. The smallest absolute Gasteiger partial charge is 0.407 e. The predicted molar refractivity (Wildman–Crippen MR) is 107 cm³/mol. The first kappa shape index (κ1) is 21.6. The quantitative estimate of drug-likeness (QED) is 0.586. The van der Waals surface area contributed by atoms with Gasteiger partial charge >= 0.3 is 6.09 Å². The molecule has 0 spiro atoms. The Morgan fingerprint density at radius 1 is 1.33 bits per heavy atom. The number of carbonyl (C=O) groups is 1. The van der Waals surface area contributed by atoms with Crippen molar-refractivity contribution in [2.24, 2.45) is 5.41 Å². The molecule has 1 N–H and O–H groups in total. The Bertz CT molecular complexity index is 1150. The monoisotopic (exact) mass is 435 g/mol. The molecule has 0 unspecified atom stereocenters. The van der Waals surface area contributed by atoms with Gasteiger partial charge in [-0.1, -0.05) is 20.8 Å². The Labute approximate surface area is 173 Å². The van der Waals surface area contributed by atoms with Crippen LogP contribution in [-0.4, -0.2) is 40.0 Å². The van der Waals surface area contributed by atoms with Gasteiger partial charge in [-0.2, -0.15) is 4.39 Å². The highest BCUT2D eigenvalue weighted by Gasteiger charge is 2.26. The van der Waals surface area contributed by atoms with E-state index in [1.807, 2.05) is 20.8 Å². The molecule has 10 heteroatoms. The number of rotatable bonds is 6. The zero-order valence-corrected chi connectivity index (χ0v) is 17.6. The molecule has 1 amide bonds. The van der Waals surface area contributed by atoms with Crippen molar-refractivity contribution in [2.45, 2.75) is 32.2 Å². The summed E-state index contributed by atoms with van der Waals surface area (Å²) >= 11 is 0. The summed E-state index contributed by atoms with van der Waals surface area (Å²) in [6, 6.07) is 5.63. The summed E-state index contributed by atoms with van der Waals surface area (Å²) < 4.78 is 46.4. The molecule has 0 aromatic carbocycles. The van der Waals surface area contributed by atoms with Crippen LogP contribution in [0.1, 0.15) is 26.3 Å². The molecule has 0 aliphatic heterocycles. The molecule has 3 rings (SSSR count). The molecule has 0 aliphatic carbocycles. The topological polar surface area (TPSA) is 106 Å². The molecule has 0 radical (unpaired) electrons. The summed E-state index contributed by atoms with van der Waals surface area (Å²) in [6.07, 6.45) is 3.71. The van der Waals surface area contributed by atoms with E-state index in [0.29, 0.717) is 5.56 Å². The van der Waals surface area contributed by atoms with Crippen LogP contribution in [0.3, 0.4) is 0 Å². The van der Waals surface area contributed by atoms with Crippen molar-refractivity contribution in [3.8, 4) is 11.3 Å². The van der Waals surface area contributed by atoms with Gasteiger partial charge in [0.2, 0.25) is 5.95 Å². The minimum atomic E-state index is -4.10. The van der Waals surface area contributed by atoms with Crippen LogP contribution >= 0.6 is 0 Å². The van der Waals surface area contributed by atoms with E-state index in [1.165, 1.54) is 47.8 Å². The molecule has 3 aromatic rings. The molecule has 3 heterocycles. The number of halogens is 1. The normalized spacial score (nSPS) is 12.1. The molecular formula is C20H22FN3O5S. The average molecular weight is 435 g/mol. The first-order chi connectivity index (χ1) is 14.0. The summed E-state index contributed by atoms with van der Waals surface area (Å²) in [6.45, 7) is 5.86. The molecule has 3 aromatic heterocycles. The number of aromatic nitrogens is 2. The molecule has 0 fully saturated rings. The predicted octanol–water partition coefficient (Wildman–Crippen LogP) is 4.05. The van der Waals surface area contributed by atoms with Crippen molar-refractivity contribution in [1.82, 2.24) is 13.9 Å². The van der Waals surface area contributed by atoms with Crippen molar-refractivity contribution in [2.75, 3.05) is 6.54 Å². The summed E-state index contributed by atoms with van der Waals surface area (Å²) in [7, 11) is -4.10. The third-order valence-corrected chi connectivity index (χ3v) is 5.89. The van der Waals surface area contributed by atoms with Gasteiger partial charge in [0.15, 0.2) is 0 Å². The van der Waals surface area contributed by atoms with Gasteiger partial charge in [0.05, 0.1) is 24.1 Å². The third-order valence-electron chi connectivity index (χ3n) is 4.24. The highest BCUT2D eigenvalue weighted by atomic mass is 32.2. The Hall–Kier alpha value is -3.14. The Morgan fingerprint density at radius 3 is 2.63 bits per heavy atom. The highest BCUT2D eigenvalue weighted by Crippen LogP contribution is 2.29. The Morgan fingerprint density at radius 2 is 2.07 bits per heavy atom. The molecule has 0 saturated carbocycles. The fourth-order valence-corrected chi connectivity index (χ4v) is 4.37. The standard InChI is InChI=1S/C20H22FN3O5S/c1-20(2,3)13-23(19(25)26)10-14-9-17(16-5-4-7-22-18(16)21)24(11-14)30(27,28)15-6-8-29-12-15/h4-9,11-12H,10,13H2,1-3H3,(H,25,26). The van der Waals surface area contributed by atoms with Gasteiger partial charge in [-0.25, -0.2) is 22.2 Å². The molecule has 160 valence electrons. The zero-order valence-electron chi connectivity index (χ0n) is 16.7. The summed E-state index contributed by atoms with van der Waals surface area (Å²) in [5, 5.41) is 9.56. The molecule has 0 saturated heterocycles. The van der Waals surface area contributed by atoms with E-state index in [2.05, 4.69) is 4.98 Å². The third kappa shape index (κ3) is 4.54. The number of carboxylic acid groups (broad SMARTS) is 1. The fourth-order valence-electron chi connectivity index (χ4n) is 3.05. The van der Waals surface area contributed by atoms with E-state index in [0.717, 1.165) is 10.2 Å². The lowest BCUT2D eigenvalue weighted by atomic mass is 9.96. The second kappa shape index (κ2) is 7.94. The van der Waals surface area contributed by atoms with E-state index in [4.69, 9.17) is 4.42 Å². The maximum absolute atomic E-state index is 14.4. The van der Waals surface area contributed by atoms with E-state index in [1.54, 1.807) is 0 Å². The van der Waals surface area contributed by atoms with Gasteiger partial charge in [0.25, 0.3) is 10.0 Å². The minimum absolute atomic E-state index is 0.0199. The van der Waals surface area contributed by atoms with Crippen molar-refractivity contribution in [1.29, 1.82) is 0 Å². The number of nitrogens with zero attached hydrogens (tertiary/aromatic N) is 3. The number of hydrogen-bond acceptors (Lipinski definition) is 5. The van der Waals surface area contributed by atoms with Crippen LogP contribution in [0.4, 0.5) is 9.18 Å². The number of hydrogen-bond donors (Lipinski definition) is 1. The van der Waals surface area contributed by atoms with Crippen molar-refractivity contribution >= 4 is 16.1 Å². The van der Waals surface area contributed by atoms with Crippen molar-refractivity contribution in [3.63, 3.8) is 0 Å². The molecule has 30 heavy (non-hydrogen) atoms. The van der Waals surface area contributed by atoms with E-state index < -0.39 is 22.1 Å². The zero-order chi connectivity index (χ0) is 22.1. The lowest BCUT2D eigenvalue weighted by molar-refractivity contribution is 0.123. The van der Waals surface area contributed by atoms with Crippen LogP contribution in [0.15, 0.2) is 58.5 Å². The van der Waals surface area contributed by atoms with Gasteiger partial charge in [-0.3, -0.25) is 0 Å². The molecule has 8 nitrogen and oxygen atoms in total. The van der Waals surface area contributed by atoms with Crippen molar-refractivity contribution in [3.05, 3.63) is 60.7 Å². The molecule has 0 aliphatic rings. The SMILES string of the molecule is CC(C)(C)CN(Cc1cc(-c2cccnc2F)n(S(=O)(=O)c2ccoc2)c1)C(=O)O. The number of furan rings is 1. The van der Waals surface area contributed by atoms with E-state index in [-0.39, 0.29) is 34.7 Å². The van der Waals surface area contributed by atoms with Gasteiger partial charge in [-0.05, 0) is 35.2 Å². The second-order valence-corrected chi connectivity index (χ2v) is 9.85. The maximum Gasteiger partial charge on any atom is 0.407 e. The summed E-state index contributed by atoms with van der Waals surface area (Å²) in [5.41, 5.74) is 0.112. The Kier molecular flexibility index (Phi) is 5.71. The van der Waals surface area contributed by atoms with Crippen LogP contribution in [0.25, 0.3) is 11.3 Å². The first-order valence-corrected chi connectivity index (χ1v) is 10.5. The molecular weight excluding hydrogens is 413 g/mol. The molecule has 0 bridgehead atoms. The van der Waals surface area contributed by atoms with Crippen LogP contribution in [-0.2, 0) is 16.6 Å². The summed E-state index contributed by atoms with van der Waals surface area (Å²) in [4.78, 5) is 16.4. The second-order valence-electron chi connectivity index (χ2n) is 8.03. The average Bonchev–Trinajstić information content (AvgIpc) is 3.31. The van der Waals surface area contributed by atoms with Crippen LogP contribution < -0.4 is 0 Å². The van der Waals surface area contributed by atoms with Crippen LogP contribution in [0.2, 0.25) is 0 Å². The van der Waals surface area contributed by atoms with Gasteiger partial charge < -0.3 is 14.4 Å². The van der Waals surface area contributed by atoms with Gasteiger partial charge in [0, 0.05) is 18.9 Å². The largest absolute Gasteiger partial charge is 0.471 e. The lowest BCUT2D eigenvalue weighted by Gasteiger charge is -2.27. The van der Waals surface area contributed by atoms with Crippen molar-refractivity contribution < 1.29 is 27.1 Å². The van der Waals surface area contributed by atoms with Crippen LogP contribution in [0.5, 0.6) is 0 Å². The van der Waals surface area contributed by atoms with Crippen LogP contribution in [0, 0.1) is 11.4 Å². The summed E-state index contributed by atoms with van der Waals surface area (Å²) in [5.74, 6) is -0.837. The fraction of sp³-hybridized carbons (Fsp3) is 0.300. The van der Waals surface area contributed by atoms with Gasteiger partial charge in [0.1, 0.15) is 11.2 Å². The van der Waals surface area contributed by atoms with E-state index >= 15 is 0 Å². The number of amides is 1. The minimum Gasteiger partial charge on any atom is -0.471 e. The van der Waals surface area contributed by atoms with E-state index in [9.17, 15) is 22.7 Å². The number of pyridine rings is 1. The Balaban J connectivity index is 2.11. The first-order valence-electron chi connectivity index (χ1n) is 9.07. The van der Waals surface area contributed by atoms with Gasteiger partial charge in [-0.15, -0.1) is 0 Å². The maximum atomic E-state index is 14.4.